The molecule has 1 aliphatic carbocycles. The van der Waals surface area contributed by atoms with Crippen molar-refractivity contribution in [1.82, 2.24) is 10.2 Å². The molecule has 0 radical (unpaired) electrons. The van der Waals surface area contributed by atoms with Gasteiger partial charge in [0.2, 0.25) is 5.91 Å². The van der Waals surface area contributed by atoms with E-state index in [0.29, 0.717) is 12.8 Å². The van der Waals surface area contributed by atoms with Crippen molar-refractivity contribution in [2.75, 3.05) is 13.2 Å². The zero-order valence-electron chi connectivity index (χ0n) is 20.3. The number of aliphatic carboxylic acids is 1. The lowest BCUT2D eigenvalue weighted by atomic mass is 9.98. The minimum absolute atomic E-state index is 0.0824. The lowest BCUT2D eigenvalue weighted by molar-refractivity contribution is -0.157. The van der Waals surface area contributed by atoms with Gasteiger partial charge in [-0.3, -0.25) is 4.79 Å². The van der Waals surface area contributed by atoms with Crippen LogP contribution in [0.2, 0.25) is 0 Å². The minimum Gasteiger partial charge on any atom is -0.480 e. The molecule has 2 N–H and O–H groups in total. The van der Waals surface area contributed by atoms with E-state index in [4.69, 9.17) is 4.74 Å². The summed E-state index contributed by atoms with van der Waals surface area (Å²) >= 11 is 0. The third kappa shape index (κ3) is 5.08. The molecular formula is C27H34N2O5. The van der Waals surface area contributed by atoms with Crippen molar-refractivity contribution in [3.63, 3.8) is 0 Å². The normalized spacial score (nSPS) is 13.5. The number of likely N-dealkylation sites (N-methyl/N-ethyl adjacent to an activating group) is 1. The zero-order chi connectivity index (χ0) is 24.9. The molecule has 0 fully saturated rings. The van der Waals surface area contributed by atoms with Gasteiger partial charge in [0.1, 0.15) is 18.2 Å². The van der Waals surface area contributed by atoms with Crippen LogP contribution in [-0.2, 0) is 14.3 Å². The smallest absolute Gasteiger partial charge is 0.407 e. The Balaban J connectivity index is 1.72. The summed E-state index contributed by atoms with van der Waals surface area (Å²) < 4.78 is 5.61. The van der Waals surface area contributed by atoms with Crippen molar-refractivity contribution in [2.24, 2.45) is 0 Å². The number of benzene rings is 2. The number of nitrogens with zero attached hydrogens (tertiary/aromatic N) is 1. The molecule has 3 rings (SSSR count). The molecule has 0 saturated carbocycles. The SMILES string of the molecule is CCCCC(NC(=O)OCC1c2ccccc2-c2ccccc21)C(=O)N(CC)C(C)(C)C(=O)O. The van der Waals surface area contributed by atoms with Gasteiger partial charge in [-0.25, -0.2) is 9.59 Å². The standard InChI is InChI=1S/C27H34N2O5/c1-5-7-16-23(24(30)29(6-2)27(3,4)25(31)32)28-26(33)34-17-22-20-14-10-8-12-18(20)19-13-9-11-15-21(19)22/h8-15,22-23H,5-7,16-17H2,1-4H3,(H,28,33)(H,31,32). The van der Waals surface area contributed by atoms with Crippen molar-refractivity contribution in [3.05, 3.63) is 59.7 Å². The average molecular weight is 467 g/mol. The van der Waals surface area contributed by atoms with Crippen molar-refractivity contribution in [3.8, 4) is 11.1 Å². The second-order valence-corrected chi connectivity index (χ2v) is 9.11. The molecule has 7 nitrogen and oxygen atoms in total. The second-order valence-electron chi connectivity index (χ2n) is 9.11. The maximum absolute atomic E-state index is 13.2. The third-order valence-corrected chi connectivity index (χ3v) is 6.56. The maximum Gasteiger partial charge on any atom is 0.407 e. The van der Waals surface area contributed by atoms with E-state index in [1.165, 1.54) is 18.7 Å². The molecule has 0 aliphatic heterocycles. The highest BCUT2D eigenvalue weighted by Crippen LogP contribution is 2.44. The fourth-order valence-electron chi connectivity index (χ4n) is 4.58. The van der Waals surface area contributed by atoms with E-state index in [1.54, 1.807) is 6.92 Å². The number of carbonyl (C=O) groups is 3. The lowest BCUT2D eigenvalue weighted by Crippen LogP contribution is -2.58. The van der Waals surface area contributed by atoms with Crippen molar-refractivity contribution >= 4 is 18.0 Å². The van der Waals surface area contributed by atoms with Gasteiger partial charge in [-0.2, -0.15) is 0 Å². The van der Waals surface area contributed by atoms with Crippen LogP contribution in [-0.4, -0.2) is 52.7 Å². The Morgan fingerprint density at radius 2 is 1.59 bits per heavy atom. The molecule has 2 aromatic rings. The number of carboxylic acids is 1. The van der Waals surface area contributed by atoms with Gasteiger partial charge < -0.3 is 20.1 Å². The predicted molar refractivity (Wildman–Crippen MR) is 131 cm³/mol. The molecule has 0 spiro atoms. The van der Waals surface area contributed by atoms with E-state index in [9.17, 15) is 19.5 Å². The minimum atomic E-state index is -1.39. The molecule has 7 heteroatoms. The van der Waals surface area contributed by atoms with Gasteiger partial charge in [0, 0.05) is 12.5 Å². The van der Waals surface area contributed by atoms with Crippen LogP contribution >= 0.6 is 0 Å². The summed E-state index contributed by atoms with van der Waals surface area (Å²) in [5.41, 5.74) is 3.10. The molecule has 0 aromatic heterocycles. The first-order valence-electron chi connectivity index (χ1n) is 11.9. The molecule has 0 heterocycles. The van der Waals surface area contributed by atoms with Crippen LogP contribution in [0, 0.1) is 0 Å². The number of fused-ring (bicyclic) bond motifs is 3. The first kappa shape index (κ1) is 25.3. The van der Waals surface area contributed by atoms with Crippen LogP contribution in [0.5, 0.6) is 0 Å². The summed E-state index contributed by atoms with van der Waals surface area (Å²) in [5, 5.41) is 12.3. The molecule has 0 saturated heterocycles. The van der Waals surface area contributed by atoms with E-state index in [2.05, 4.69) is 17.4 Å². The van der Waals surface area contributed by atoms with Gasteiger partial charge >= 0.3 is 12.1 Å². The summed E-state index contributed by atoms with van der Waals surface area (Å²) in [4.78, 5) is 39.0. The van der Waals surface area contributed by atoms with Crippen LogP contribution in [0.1, 0.15) is 64.0 Å². The molecule has 0 bridgehead atoms. The zero-order valence-corrected chi connectivity index (χ0v) is 20.3. The first-order valence-corrected chi connectivity index (χ1v) is 11.9. The fraction of sp³-hybridized carbons (Fsp3) is 0.444. The maximum atomic E-state index is 13.2. The summed E-state index contributed by atoms with van der Waals surface area (Å²) in [6.07, 6.45) is 1.28. The Morgan fingerprint density at radius 3 is 2.09 bits per heavy atom. The van der Waals surface area contributed by atoms with Crippen LogP contribution in [0.4, 0.5) is 4.79 Å². The Bertz CT molecular complexity index is 1000. The summed E-state index contributed by atoms with van der Waals surface area (Å²) in [6, 6.07) is 15.3. The predicted octanol–water partition coefficient (Wildman–Crippen LogP) is 4.80. The molecule has 34 heavy (non-hydrogen) atoms. The first-order chi connectivity index (χ1) is 16.2. The van der Waals surface area contributed by atoms with Crippen LogP contribution in [0.15, 0.2) is 48.5 Å². The van der Waals surface area contributed by atoms with Crippen molar-refractivity contribution in [1.29, 1.82) is 0 Å². The number of unbranched alkanes of at least 4 members (excludes halogenated alkanes) is 1. The van der Waals surface area contributed by atoms with E-state index < -0.39 is 29.6 Å². The number of alkyl carbamates (subject to hydrolysis) is 1. The largest absolute Gasteiger partial charge is 0.480 e. The summed E-state index contributed by atoms with van der Waals surface area (Å²) in [5.74, 6) is -1.60. The lowest BCUT2D eigenvalue weighted by Gasteiger charge is -2.36. The van der Waals surface area contributed by atoms with Gasteiger partial charge in [0.25, 0.3) is 0 Å². The Hall–Kier alpha value is -3.35. The number of hydrogen-bond donors (Lipinski definition) is 2. The number of ether oxygens (including phenoxy) is 1. The fourth-order valence-corrected chi connectivity index (χ4v) is 4.58. The van der Waals surface area contributed by atoms with E-state index in [1.807, 2.05) is 43.3 Å². The summed E-state index contributed by atoms with van der Waals surface area (Å²) in [7, 11) is 0. The number of amides is 2. The van der Waals surface area contributed by atoms with E-state index in [0.717, 1.165) is 28.7 Å². The molecule has 182 valence electrons. The van der Waals surface area contributed by atoms with Crippen LogP contribution < -0.4 is 5.32 Å². The Kier molecular flexibility index (Phi) is 7.97. The van der Waals surface area contributed by atoms with Crippen molar-refractivity contribution < 1.29 is 24.2 Å². The topological polar surface area (TPSA) is 95.9 Å². The summed E-state index contributed by atoms with van der Waals surface area (Å²) in [6.45, 7) is 7.06. The molecule has 2 aromatic carbocycles. The van der Waals surface area contributed by atoms with E-state index in [-0.39, 0.29) is 19.1 Å². The van der Waals surface area contributed by atoms with Gasteiger partial charge in [-0.15, -0.1) is 0 Å². The highest BCUT2D eigenvalue weighted by molar-refractivity contribution is 5.91. The highest BCUT2D eigenvalue weighted by atomic mass is 16.5. The molecule has 1 atom stereocenters. The Labute approximate surface area is 201 Å². The van der Waals surface area contributed by atoms with Crippen molar-refractivity contribution in [2.45, 2.75) is 64.5 Å². The number of rotatable bonds is 10. The Morgan fingerprint density at radius 1 is 1.03 bits per heavy atom. The molecular weight excluding hydrogens is 432 g/mol. The van der Waals surface area contributed by atoms with Gasteiger partial charge in [0.05, 0.1) is 0 Å². The molecule has 1 unspecified atom stereocenters. The number of carbonyl (C=O) groups excluding carboxylic acids is 2. The molecule has 2 amide bonds. The number of nitrogens with one attached hydrogen (secondary N) is 1. The van der Waals surface area contributed by atoms with E-state index >= 15 is 0 Å². The third-order valence-electron chi connectivity index (χ3n) is 6.56. The van der Waals surface area contributed by atoms with Gasteiger partial charge in [0.15, 0.2) is 0 Å². The van der Waals surface area contributed by atoms with Gasteiger partial charge in [-0.05, 0) is 49.4 Å². The number of carboxylic acid groups (broad SMARTS) is 1. The van der Waals surface area contributed by atoms with Crippen LogP contribution in [0.3, 0.4) is 0 Å². The van der Waals surface area contributed by atoms with Gasteiger partial charge in [-0.1, -0.05) is 68.3 Å². The number of hydrogen-bond acceptors (Lipinski definition) is 4. The average Bonchev–Trinajstić information content (AvgIpc) is 3.14. The second kappa shape index (κ2) is 10.7. The quantitative estimate of drug-likeness (QED) is 0.525. The van der Waals surface area contributed by atoms with Crippen LogP contribution in [0.25, 0.3) is 11.1 Å². The molecule has 1 aliphatic rings. The highest BCUT2D eigenvalue weighted by Gasteiger charge is 2.40. The monoisotopic (exact) mass is 466 g/mol.